The van der Waals surface area contributed by atoms with Crippen molar-refractivity contribution in [2.75, 3.05) is 13.1 Å². The molecule has 106 valence electrons. The van der Waals surface area contributed by atoms with E-state index >= 15 is 0 Å². The van der Waals surface area contributed by atoms with Gasteiger partial charge in [0.15, 0.2) is 0 Å². The van der Waals surface area contributed by atoms with Gasteiger partial charge in [0.05, 0.1) is 0 Å². The Morgan fingerprint density at radius 3 is 2.32 bits per heavy atom. The van der Waals surface area contributed by atoms with Gasteiger partial charge in [0.2, 0.25) is 0 Å². The van der Waals surface area contributed by atoms with Gasteiger partial charge in [0, 0.05) is 18.6 Å². The molecular formula is C17H28N2. The van der Waals surface area contributed by atoms with Crippen LogP contribution in [0.15, 0.2) is 24.3 Å². The van der Waals surface area contributed by atoms with Crippen molar-refractivity contribution in [3.63, 3.8) is 0 Å². The minimum absolute atomic E-state index is 0.580. The topological polar surface area (TPSA) is 15.3 Å². The molecule has 0 radical (unpaired) electrons. The predicted octanol–water partition coefficient (Wildman–Crippen LogP) is 3.21. The van der Waals surface area contributed by atoms with Crippen LogP contribution in [-0.4, -0.2) is 30.1 Å². The zero-order valence-electron chi connectivity index (χ0n) is 12.7. The average Bonchev–Trinajstić information content (AvgIpc) is 3.21. The van der Waals surface area contributed by atoms with E-state index in [0.29, 0.717) is 6.04 Å². The second-order valence-electron chi connectivity index (χ2n) is 5.97. The smallest absolute Gasteiger partial charge is 0.0236 e. The first-order chi connectivity index (χ1) is 9.19. The summed E-state index contributed by atoms with van der Waals surface area (Å²) in [7, 11) is 0. The second kappa shape index (κ2) is 7.06. The lowest BCUT2D eigenvalue weighted by Gasteiger charge is -2.19. The monoisotopic (exact) mass is 260 g/mol. The van der Waals surface area contributed by atoms with Crippen molar-refractivity contribution in [2.24, 2.45) is 0 Å². The Balaban J connectivity index is 1.80. The van der Waals surface area contributed by atoms with Gasteiger partial charge in [-0.1, -0.05) is 45.0 Å². The standard InChI is InChI=1S/C17H28N2/c1-4-19(17-9-10-17)13-16-7-5-15(6-8-16)11-12-18-14(2)3/h5-8,14,17-18H,4,9-13H2,1-3H3. The van der Waals surface area contributed by atoms with Gasteiger partial charge < -0.3 is 5.32 Å². The molecule has 0 saturated heterocycles. The molecule has 0 aliphatic heterocycles. The van der Waals surface area contributed by atoms with Gasteiger partial charge >= 0.3 is 0 Å². The van der Waals surface area contributed by atoms with Crippen molar-refractivity contribution in [3.05, 3.63) is 35.4 Å². The van der Waals surface area contributed by atoms with E-state index in [1.807, 2.05) is 0 Å². The van der Waals surface area contributed by atoms with Gasteiger partial charge in [-0.05, 0) is 43.5 Å². The first-order valence-electron chi connectivity index (χ1n) is 7.74. The van der Waals surface area contributed by atoms with Crippen LogP contribution < -0.4 is 5.32 Å². The molecule has 1 N–H and O–H groups in total. The molecular weight excluding hydrogens is 232 g/mol. The molecule has 0 amide bonds. The Hall–Kier alpha value is -0.860. The Bertz CT molecular complexity index is 365. The number of hydrogen-bond acceptors (Lipinski definition) is 2. The quantitative estimate of drug-likeness (QED) is 0.772. The van der Waals surface area contributed by atoms with Crippen LogP contribution in [0.4, 0.5) is 0 Å². The third-order valence-corrected chi connectivity index (χ3v) is 3.84. The van der Waals surface area contributed by atoms with Gasteiger partial charge in [-0.2, -0.15) is 0 Å². The van der Waals surface area contributed by atoms with Gasteiger partial charge in [-0.25, -0.2) is 0 Å². The molecule has 0 aromatic heterocycles. The van der Waals surface area contributed by atoms with Crippen molar-refractivity contribution in [3.8, 4) is 0 Å². The SMILES string of the molecule is CCN(Cc1ccc(CCNC(C)C)cc1)C1CC1. The molecule has 1 aromatic rings. The highest BCUT2D eigenvalue weighted by atomic mass is 15.2. The summed E-state index contributed by atoms with van der Waals surface area (Å²) < 4.78 is 0. The highest BCUT2D eigenvalue weighted by Gasteiger charge is 2.27. The van der Waals surface area contributed by atoms with Crippen LogP contribution in [0, 0.1) is 0 Å². The molecule has 2 nitrogen and oxygen atoms in total. The molecule has 0 spiro atoms. The summed E-state index contributed by atoms with van der Waals surface area (Å²) in [5.41, 5.74) is 2.89. The van der Waals surface area contributed by atoms with E-state index < -0.39 is 0 Å². The van der Waals surface area contributed by atoms with Crippen LogP contribution in [0.5, 0.6) is 0 Å². The maximum Gasteiger partial charge on any atom is 0.0236 e. The number of rotatable bonds is 8. The molecule has 0 heterocycles. The van der Waals surface area contributed by atoms with Crippen molar-refractivity contribution in [1.82, 2.24) is 10.2 Å². The van der Waals surface area contributed by atoms with Gasteiger partial charge in [-0.3, -0.25) is 4.90 Å². The van der Waals surface area contributed by atoms with E-state index in [0.717, 1.165) is 25.6 Å². The Morgan fingerprint density at radius 1 is 1.16 bits per heavy atom. The van der Waals surface area contributed by atoms with Gasteiger partial charge in [0.25, 0.3) is 0 Å². The molecule has 0 unspecified atom stereocenters. The first-order valence-corrected chi connectivity index (χ1v) is 7.74. The number of hydrogen-bond donors (Lipinski definition) is 1. The molecule has 1 saturated carbocycles. The van der Waals surface area contributed by atoms with E-state index in [4.69, 9.17) is 0 Å². The van der Waals surface area contributed by atoms with Crippen LogP contribution in [0.2, 0.25) is 0 Å². The Labute approximate surface area is 118 Å². The Morgan fingerprint density at radius 2 is 1.79 bits per heavy atom. The lowest BCUT2D eigenvalue weighted by molar-refractivity contribution is 0.269. The third-order valence-electron chi connectivity index (χ3n) is 3.84. The predicted molar refractivity (Wildman–Crippen MR) is 82.4 cm³/mol. The van der Waals surface area contributed by atoms with E-state index in [1.165, 1.54) is 30.5 Å². The second-order valence-corrected chi connectivity index (χ2v) is 5.97. The number of nitrogens with one attached hydrogen (secondary N) is 1. The summed E-state index contributed by atoms with van der Waals surface area (Å²) in [4.78, 5) is 2.59. The van der Waals surface area contributed by atoms with Crippen molar-refractivity contribution in [2.45, 2.75) is 58.7 Å². The summed E-state index contributed by atoms with van der Waals surface area (Å²) >= 11 is 0. The fourth-order valence-electron chi connectivity index (χ4n) is 2.49. The summed E-state index contributed by atoms with van der Waals surface area (Å²) in [6.45, 7) is 10.0. The van der Waals surface area contributed by atoms with Crippen LogP contribution in [0.25, 0.3) is 0 Å². The molecule has 0 bridgehead atoms. The van der Waals surface area contributed by atoms with E-state index in [2.05, 4.69) is 55.3 Å². The molecule has 2 rings (SSSR count). The molecule has 1 fully saturated rings. The zero-order valence-corrected chi connectivity index (χ0v) is 12.7. The summed E-state index contributed by atoms with van der Waals surface area (Å²) in [6, 6.07) is 10.6. The number of benzene rings is 1. The minimum atomic E-state index is 0.580. The highest BCUT2D eigenvalue weighted by Crippen LogP contribution is 2.27. The van der Waals surface area contributed by atoms with Crippen molar-refractivity contribution in [1.29, 1.82) is 0 Å². The van der Waals surface area contributed by atoms with Crippen LogP contribution in [-0.2, 0) is 13.0 Å². The largest absolute Gasteiger partial charge is 0.314 e. The maximum absolute atomic E-state index is 3.46. The maximum atomic E-state index is 3.46. The van der Waals surface area contributed by atoms with E-state index in [9.17, 15) is 0 Å². The minimum Gasteiger partial charge on any atom is -0.314 e. The molecule has 0 atom stereocenters. The fourth-order valence-corrected chi connectivity index (χ4v) is 2.49. The zero-order chi connectivity index (χ0) is 13.7. The van der Waals surface area contributed by atoms with E-state index in [-0.39, 0.29) is 0 Å². The summed E-state index contributed by atoms with van der Waals surface area (Å²) in [5.74, 6) is 0. The van der Waals surface area contributed by atoms with Gasteiger partial charge in [-0.15, -0.1) is 0 Å². The summed E-state index contributed by atoms with van der Waals surface area (Å²) in [6.07, 6.45) is 3.91. The van der Waals surface area contributed by atoms with E-state index in [1.54, 1.807) is 0 Å². The van der Waals surface area contributed by atoms with Crippen molar-refractivity contribution < 1.29 is 0 Å². The molecule has 2 heteroatoms. The number of nitrogens with zero attached hydrogens (tertiary/aromatic N) is 1. The van der Waals surface area contributed by atoms with Crippen molar-refractivity contribution >= 4 is 0 Å². The summed E-state index contributed by atoms with van der Waals surface area (Å²) in [5, 5.41) is 3.46. The van der Waals surface area contributed by atoms with Crippen LogP contribution in [0.3, 0.4) is 0 Å². The third kappa shape index (κ3) is 4.96. The molecule has 1 aromatic carbocycles. The molecule has 1 aliphatic carbocycles. The Kier molecular flexibility index (Phi) is 5.41. The lowest BCUT2D eigenvalue weighted by atomic mass is 10.1. The normalized spacial score (nSPS) is 15.4. The molecule has 19 heavy (non-hydrogen) atoms. The van der Waals surface area contributed by atoms with Gasteiger partial charge in [0.1, 0.15) is 0 Å². The van der Waals surface area contributed by atoms with Crippen LogP contribution >= 0.6 is 0 Å². The molecule has 1 aliphatic rings. The fraction of sp³-hybridized carbons (Fsp3) is 0.647. The average molecular weight is 260 g/mol. The first kappa shape index (κ1) is 14.5. The van der Waals surface area contributed by atoms with Crippen LogP contribution in [0.1, 0.15) is 44.7 Å². The lowest BCUT2D eigenvalue weighted by Crippen LogP contribution is -2.25. The highest BCUT2D eigenvalue weighted by molar-refractivity contribution is 5.23.